The Kier molecular flexibility index (Phi) is 7.00. The quantitative estimate of drug-likeness (QED) is 0.721. The Morgan fingerprint density at radius 3 is 2.21 bits per heavy atom. The molecule has 0 aliphatic rings. The van der Waals surface area contributed by atoms with Crippen molar-refractivity contribution < 1.29 is 17.9 Å². The second-order valence-corrected chi connectivity index (χ2v) is 8.32. The smallest absolute Gasteiger partial charge is 0.321 e. The van der Waals surface area contributed by atoms with Gasteiger partial charge in [0.25, 0.3) is 0 Å². The van der Waals surface area contributed by atoms with Gasteiger partial charge in [0.05, 0.1) is 5.25 Å². The van der Waals surface area contributed by atoms with Gasteiger partial charge in [0.15, 0.2) is 9.84 Å². The molecule has 0 aliphatic carbocycles. The van der Waals surface area contributed by atoms with Gasteiger partial charge in [0.1, 0.15) is 11.4 Å². The van der Waals surface area contributed by atoms with E-state index in [1.54, 1.807) is 27.7 Å². The summed E-state index contributed by atoms with van der Waals surface area (Å²) in [4.78, 5) is 11.6. The van der Waals surface area contributed by atoms with Crippen LogP contribution in [-0.4, -0.2) is 43.6 Å². The number of sulfone groups is 1. The van der Waals surface area contributed by atoms with E-state index >= 15 is 0 Å². The number of carbonyl (C=O) groups excluding carboxylic acids is 1. The van der Waals surface area contributed by atoms with E-state index in [1.807, 2.05) is 13.8 Å². The van der Waals surface area contributed by atoms with Gasteiger partial charge in [-0.2, -0.15) is 0 Å². The zero-order valence-electron chi connectivity index (χ0n) is 12.8. The van der Waals surface area contributed by atoms with Crippen molar-refractivity contribution in [2.24, 2.45) is 0 Å². The number of ether oxygens (including phenoxy) is 1. The van der Waals surface area contributed by atoms with Crippen molar-refractivity contribution in [3.05, 3.63) is 0 Å². The molecule has 19 heavy (non-hydrogen) atoms. The van der Waals surface area contributed by atoms with Gasteiger partial charge in [-0.25, -0.2) is 8.42 Å². The van der Waals surface area contributed by atoms with Crippen molar-refractivity contribution in [2.45, 2.75) is 64.9 Å². The SMILES string of the molecule is CCNC(C)CC(C)S(=O)(=O)CC(=O)OC(C)(C)C. The Bertz CT molecular complexity index is 384. The summed E-state index contributed by atoms with van der Waals surface area (Å²) in [6.45, 7) is 11.5. The van der Waals surface area contributed by atoms with Crippen LogP contribution in [0.5, 0.6) is 0 Å². The van der Waals surface area contributed by atoms with Crippen LogP contribution in [0.3, 0.4) is 0 Å². The van der Waals surface area contributed by atoms with Crippen LogP contribution in [0, 0.1) is 0 Å². The van der Waals surface area contributed by atoms with Crippen LogP contribution in [0.1, 0.15) is 48.0 Å². The third-order valence-electron chi connectivity index (χ3n) is 2.59. The summed E-state index contributed by atoms with van der Waals surface area (Å²) in [7, 11) is -3.46. The summed E-state index contributed by atoms with van der Waals surface area (Å²) < 4.78 is 29.1. The zero-order valence-corrected chi connectivity index (χ0v) is 13.6. The van der Waals surface area contributed by atoms with Crippen LogP contribution in [0.25, 0.3) is 0 Å². The van der Waals surface area contributed by atoms with Gasteiger partial charge >= 0.3 is 5.97 Å². The van der Waals surface area contributed by atoms with Crippen LogP contribution in [-0.2, 0) is 19.4 Å². The van der Waals surface area contributed by atoms with Crippen molar-refractivity contribution >= 4 is 15.8 Å². The Hall–Kier alpha value is -0.620. The highest BCUT2D eigenvalue weighted by molar-refractivity contribution is 7.92. The zero-order chi connectivity index (χ0) is 15.3. The highest BCUT2D eigenvalue weighted by atomic mass is 32.2. The Balaban J connectivity index is 4.50. The maximum atomic E-state index is 12.0. The summed E-state index contributed by atoms with van der Waals surface area (Å²) in [5.74, 6) is -1.24. The lowest BCUT2D eigenvalue weighted by atomic mass is 10.2. The Morgan fingerprint density at radius 2 is 1.79 bits per heavy atom. The predicted octanol–water partition coefficient (Wildman–Crippen LogP) is 1.52. The van der Waals surface area contributed by atoms with E-state index in [0.29, 0.717) is 6.42 Å². The first-order chi connectivity index (χ1) is 8.48. The molecular formula is C13H27NO4S. The molecule has 0 saturated heterocycles. The van der Waals surface area contributed by atoms with Gasteiger partial charge in [-0.05, 0) is 47.6 Å². The number of esters is 1. The van der Waals surface area contributed by atoms with Crippen molar-refractivity contribution in [1.82, 2.24) is 5.32 Å². The molecule has 5 nitrogen and oxygen atoms in total. The van der Waals surface area contributed by atoms with Gasteiger partial charge < -0.3 is 10.1 Å². The largest absolute Gasteiger partial charge is 0.459 e. The highest BCUT2D eigenvalue weighted by Crippen LogP contribution is 2.13. The first-order valence-electron chi connectivity index (χ1n) is 6.64. The lowest BCUT2D eigenvalue weighted by Gasteiger charge is -2.21. The summed E-state index contributed by atoms with van der Waals surface area (Å²) >= 11 is 0. The van der Waals surface area contributed by atoms with Gasteiger partial charge in [-0.15, -0.1) is 0 Å². The van der Waals surface area contributed by atoms with E-state index in [0.717, 1.165) is 6.54 Å². The minimum atomic E-state index is -3.46. The van der Waals surface area contributed by atoms with Crippen LogP contribution in [0.2, 0.25) is 0 Å². The normalized spacial score (nSPS) is 15.9. The lowest BCUT2D eigenvalue weighted by Crippen LogP contribution is -2.36. The van der Waals surface area contributed by atoms with E-state index in [1.165, 1.54) is 0 Å². The Labute approximate surface area is 117 Å². The van der Waals surface area contributed by atoms with Gasteiger partial charge in [-0.1, -0.05) is 6.92 Å². The summed E-state index contributed by atoms with van der Waals surface area (Å²) in [6, 6.07) is 0.105. The fourth-order valence-corrected chi connectivity index (χ4v) is 3.01. The van der Waals surface area contributed by atoms with E-state index in [-0.39, 0.29) is 6.04 Å². The number of hydrogen-bond donors (Lipinski definition) is 1. The lowest BCUT2D eigenvalue weighted by molar-refractivity contribution is -0.151. The molecular weight excluding hydrogens is 266 g/mol. The topological polar surface area (TPSA) is 72.5 Å². The molecule has 0 spiro atoms. The van der Waals surface area contributed by atoms with Crippen molar-refractivity contribution in [2.75, 3.05) is 12.3 Å². The molecule has 0 saturated carbocycles. The molecule has 2 atom stereocenters. The third kappa shape index (κ3) is 8.21. The van der Waals surface area contributed by atoms with E-state index < -0.39 is 32.4 Å². The molecule has 0 aliphatic heterocycles. The first kappa shape index (κ1) is 18.4. The van der Waals surface area contributed by atoms with Gasteiger partial charge in [0.2, 0.25) is 0 Å². The van der Waals surface area contributed by atoms with Gasteiger partial charge in [0, 0.05) is 6.04 Å². The standard InChI is InChI=1S/C13H27NO4S/c1-7-14-10(2)8-11(3)19(16,17)9-12(15)18-13(4,5)6/h10-11,14H,7-9H2,1-6H3. The molecule has 2 unspecified atom stereocenters. The molecule has 0 aromatic heterocycles. The van der Waals surface area contributed by atoms with Crippen molar-refractivity contribution in [3.8, 4) is 0 Å². The number of nitrogens with one attached hydrogen (secondary N) is 1. The Morgan fingerprint density at radius 1 is 1.26 bits per heavy atom. The first-order valence-corrected chi connectivity index (χ1v) is 8.36. The average Bonchev–Trinajstić information content (AvgIpc) is 2.12. The fraction of sp³-hybridized carbons (Fsp3) is 0.923. The minimum absolute atomic E-state index is 0.105. The molecule has 0 radical (unpaired) electrons. The maximum absolute atomic E-state index is 12.0. The predicted molar refractivity (Wildman–Crippen MR) is 76.8 cm³/mol. The average molecular weight is 293 g/mol. The monoisotopic (exact) mass is 293 g/mol. The molecule has 0 fully saturated rings. The number of hydrogen-bond acceptors (Lipinski definition) is 5. The molecule has 1 N–H and O–H groups in total. The van der Waals surface area contributed by atoms with Crippen LogP contribution >= 0.6 is 0 Å². The number of carbonyl (C=O) groups is 1. The third-order valence-corrected chi connectivity index (χ3v) is 4.65. The van der Waals surface area contributed by atoms with E-state index in [4.69, 9.17) is 4.74 Å². The molecule has 0 aromatic rings. The summed E-state index contributed by atoms with van der Waals surface area (Å²) in [6.07, 6.45) is 0.485. The fourth-order valence-electron chi connectivity index (χ4n) is 1.75. The van der Waals surface area contributed by atoms with Crippen LogP contribution in [0.15, 0.2) is 0 Å². The maximum Gasteiger partial charge on any atom is 0.321 e. The molecule has 0 aromatic carbocycles. The van der Waals surface area contributed by atoms with E-state index in [9.17, 15) is 13.2 Å². The molecule has 0 amide bonds. The second kappa shape index (κ2) is 7.24. The molecule has 0 bridgehead atoms. The molecule has 114 valence electrons. The number of rotatable bonds is 7. The molecule has 6 heteroatoms. The van der Waals surface area contributed by atoms with Gasteiger partial charge in [-0.3, -0.25) is 4.79 Å². The van der Waals surface area contributed by atoms with Crippen LogP contribution < -0.4 is 5.32 Å². The minimum Gasteiger partial charge on any atom is -0.459 e. The molecule has 0 heterocycles. The highest BCUT2D eigenvalue weighted by Gasteiger charge is 2.28. The van der Waals surface area contributed by atoms with Crippen molar-refractivity contribution in [1.29, 1.82) is 0 Å². The van der Waals surface area contributed by atoms with E-state index in [2.05, 4.69) is 5.32 Å². The second-order valence-electron chi connectivity index (χ2n) is 5.90. The summed E-state index contributed by atoms with van der Waals surface area (Å²) in [5.41, 5.74) is -0.660. The van der Waals surface area contributed by atoms with Crippen LogP contribution in [0.4, 0.5) is 0 Å². The molecule has 0 rings (SSSR count). The summed E-state index contributed by atoms with van der Waals surface area (Å²) in [5, 5.41) is 2.60. The van der Waals surface area contributed by atoms with Crippen molar-refractivity contribution in [3.63, 3.8) is 0 Å².